The van der Waals surface area contributed by atoms with Crippen molar-refractivity contribution in [2.75, 3.05) is 39.6 Å². The molecule has 0 bridgehead atoms. The summed E-state index contributed by atoms with van der Waals surface area (Å²) in [6.45, 7) is 14.1. The van der Waals surface area contributed by atoms with Gasteiger partial charge in [0.05, 0.1) is 26.4 Å². The van der Waals surface area contributed by atoms with Crippen molar-refractivity contribution in [3.8, 4) is 0 Å². The Hall–Kier alpha value is -1.94. The fourth-order valence-corrected chi connectivity index (χ4v) is 12.6. The third-order valence-electron chi connectivity index (χ3n) is 17.2. The molecule has 0 heterocycles. The Bertz CT molecular complexity index is 1820. The van der Waals surface area contributed by atoms with Gasteiger partial charge in [-0.3, -0.25) is 37.3 Å². The SMILES string of the molecule is CCC(C)CCCCCCCCCCC(=O)O[C@H](COC(=O)CCCCCCCCCCC(C)C)COP(=O)(O)OCC(O)COP(=O)(O)OC[C@@H](COC(=O)CCCCCCCCCCCCC(C)C)OC(=O)CCCCCCCCCCCCCCCC(C)C. The third-order valence-corrected chi connectivity index (χ3v) is 19.1. The lowest BCUT2D eigenvalue weighted by atomic mass is 9.99. The van der Waals surface area contributed by atoms with E-state index < -0.39 is 97.5 Å². The molecule has 92 heavy (non-hydrogen) atoms. The number of rotatable bonds is 70. The first kappa shape index (κ1) is 90.1. The largest absolute Gasteiger partial charge is 0.472 e. The molecule has 0 aromatic carbocycles. The van der Waals surface area contributed by atoms with Crippen LogP contribution in [0, 0.1) is 23.7 Å². The molecule has 0 aromatic heterocycles. The van der Waals surface area contributed by atoms with Crippen LogP contribution in [-0.4, -0.2) is 96.7 Å². The highest BCUT2D eigenvalue weighted by Crippen LogP contribution is 2.45. The number of esters is 4. The molecule has 19 heteroatoms. The van der Waals surface area contributed by atoms with Crippen LogP contribution < -0.4 is 0 Å². The van der Waals surface area contributed by atoms with Crippen LogP contribution in [0.4, 0.5) is 0 Å². The molecule has 0 radical (unpaired) electrons. The minimum absolute atomic E-state index is 0.104. The Balaban J connectivity index is 5.27. The highest BCUT2D eigenvalue weighted by Gasteiger charge is 2.30. The Morgan fingerprint density at radius 3 is 0.772 bits per heavy atom. The van der Waals surface area contributed by atoms with Crippen molar-refractivity contribution in [1.82, 2.24) is 0 Å². The average molecular weight is 1350 g/mol. The average Bonchev–Trinajstić information content (AvgIpc) is 3.11. The number of carbonyl (C=O) groups excluding carboxylic acids is 4. The van der Waals surface area contributed by atoms with Gasteiger partial charge in [-0.25, -0.2) is 9.13 Å². The van der Waals surface area contributed by atoms with Crippen LogP contribution in [0.5, 0.6) is 0 Å². The fraction of sp³-hybridized carbons (Fsp3) is 0.945. The van der Waals surface area contributed by atoms with Crippen LogP contribution in [0.3, 0.4) is 0 Å². The Kier molecular flexibility index (Phi) is 61.3. The summed E-state index contributed by atoms with van der Waals surface area (Å²) in [5, 5.41) is 10.6. The molecule has 0 amide bonds. The molecule has 0 aromatic rings. The summed E-state index contributed by atoms with van der Waals surface area (Å²) >= 11 is 0. The molecule has 546 valence electrons. The van der Waals surface area contributed by atoms with Gasteiger partial charge in [-0.2, -0.15) is 0 Å². The predicted molar refractivity (Wildman–Crippen MR) is 372 cm³/mol. The molecule has 0 saturated carbocycles. The molecule has 6 atom stereocenters. The van der Waals surface area contributed by atoms with E-state index in [9.17, 15) is 43.2 Å². The second kappa shape index (κ2) is 62.6. The molecule has 4 unspecified atom stereocenters. The zero-order valence-corrected chi connectivity index (χ0v) is 62.0. The lowest BCUT2D eigenvalue weighted by Crippen LogP contribution is -2.30. The molecule has 0 rings (SSSR count). The Labute approximate surface area is 562 Å². The van der Waals surface area contributed by atoms with Crippen molar-refractivity contribution in [2.45, 2.75) is 382 Å². The summed E-state index contributed by atoms with van der Waals surface area (Å²) in [7, 11) is -9.91. The van der Waals surface area contributed by atoms with E-state index in [2.05, 4.69) is 55.4 Å². The standard InChI is InChI=1S/C73H142O17P2/c1-9-66(8)52-44-36-28-22-24-32-40-48-56-73(78)90-69(60-84-71(76)54-46-38-30-23-21-27-35-43-51-65(6)7)62-88-92(81,82)86-58-67(74)57-85-91(79,80)87-61-68(59-83-70(75)53-45-37-29-19-16-15-18-26-34-42-50-64(4)5)89-72(77)55-47-39-31-20-14-12-10-11-13-17-25-33-41-49-63(2)3/h63-69,74H,9-62H2,1-8H3,(H,79,80)(H,81,82)/t66?,67?,68-,69-/m1/s1. The molecule has 0 aliphatic carbocycles. The number of ether oxygens (including phenoxy) is 4. The molecule has 0 fully saturated rings. The smallest absolute Gasteiger partial charge is 0.462 e. The van der Waals surface area contributed by atoms with Crippen molar-refractivity contribution in [1.29, 1.82) is 0 Å². The van der Waals surface area contributed by atoms with Gasteiger partial charge in [0.25, 0.3) is 0 Å². The summed E-state index contributed by atoms with van der Waals surface area (Å²) in [6.07, 6.45) is 45.7. The monoisotopic (exact) mass is 1350 g/mol. The van der Waals surface area contributed by atoms with Crippen molar-refractivity contribution >= 4 is 39.5 Å². The van der Waals surface area contributed by atoms with E-state index in [1.54, 1.807) is 0 Å². The van der Waals surface area contributed by atoms with Crippen LogP contribution in [0.2, 0.25) is 0 Å². The van der Waals surface area contributed by atoms with Gasteiger partial charge in [-0.05, 0) is 49.4 Å². The number of carbonyl (C=O) groups is 4. The first-order valence-electron chi connectivity index (χ1n) is 37.7. The number of phosphoric ester groups is 2. The zero-order chi connectivity index (χ0) is 68.2. The summed E-state index contributed by atoms with van der Waals surface area (Å²) in [5.41, 5.74) is 0. The van der Waals surface area contributed by atoms with Crippen molar-refractivity contribution in [2.24, 2.45) is 23.7 Å². The second-order valence-corrected chi connectivity index (χ2v) is 30.9. The first-order valence-corrected chi connectivity index (χ1v) is 40.7. The zero-order valence-electron chi connectivity index (χ0n) is 60.2. The van der Waals surface area contributed by atoms with Gasteiger partial charge >= 0.3 is 39.5 Å². The lowest BCUT2D eigenvalue weighted by Gasteiger charge is -2.21. The van der Waals surface area contributed by atoms with Gasteiger partial charge in [0.15, 0.2) is 12.2 Å². The second-order valence-electron chi connectivity index (χ2n) is 28.0. The highest BCUT2D eigenvalue weighted by atomic mass is 31.2. The van der Waals surface area contributed by atoms with Crippen LogP contribution in [-0.2, 0) is 65.4 Å². The van der Waals surface area contributed by atoms with E-state index >= 15 is 0 Å². The van der Waals surface area contributed by atoms with E-state index in [0.717, 1.165) is 114 Å². The van der Waals surface area contributed by atoms with Gasteiger partial charge in [0, 0.05) is 25.7 Å². The summed E-state index contributed by atoms with van der Waals surface area (Å²) in [6, 6.07) is 0. The third kappa shape index (κ3) is 65.4. The topological polar surface area (TPSA) is 237 Å². The van der Waals surface area contributed by atoms with E-state index in [-0.39, 0.29) is 25.7 Å². The van der Waals surface area contributed by atoms with E-state index in [4.69, 9.17) is 37.0 Å². The minimum atomic E-state index is -4.96. The number of hydrogen-bond acceptors (Lipinski definition) is 15. The first-order chi connectivity index (χ1) is 44.1. The van der Waals surface area contributed by atoms with Crippen LogP contribution in [0.15, 0.2) is 0 Å². The predicted octanol–water partition coefficient (Wildman–Crippen LogP) is 20.9. The molecular weight excluding hydrogens is 1210 g/mol. The maximum atomic E-state index is 13.1. The van der Waals surface area contributed by atoms with Gasteiger partial charge in [0.1, 0.15) is 19.3 Å². The normalized spacial score (nSPS) is 14.5. The number of phosphoric acid groups is 2. The summed E-state index contributed by atoms with van der Waals surface area (Å²) in [4.78, 5) is 72.7. The molecule has 0 spiro atoms. The van der Waals surface area contributed by atoms with Gasteiger partial charge in [-0.15, -0.1) is 0 Å². The lowest BCUT2D eigenvalue weighted by molar-refractivity contribution is -0.161. The molecule has 0 saturated heterocycles. The Morgan fingerprint density at radius 2 is 0.522 bits per heavy atom. The van der Waals surface area contributed by atoms with Crippen LogP contribution in [0.1, 0.15) is 364 Å². The van der Waals surface area contributed by atoms with Gasteiger partial charge in [-0.1, -0.05) is 312 Å². The van der Waals surface area contributed by atoms with E-state index in [0.29, 0.717) is 25.7 Å². The Morgan fingerprint density at radius 1 is 0.304 bits per heavy atom. The fourth-order valence-electron chi connectivity index (χ4n) is 11.0. The van der Waals surface area contributed by atoms with Gasteiger partial charge in [0.2, 0.25) is 0 Å². The number of aliphatic hydroxyl groups excluding tert-OH is 1. The summed E-state index contributed by atoms with van der Waals surface area (Å²) < 4.78 is 68.4. The van der Waals surface area contributed by atoms with Crippen LogP contribution >= 0.6 is 15.6 Å². The molecule has 3 N–H and O–H groups in total. The number of aliphatic hydroxyl groups is 1. The number of hydrogen-bond donors (Lipinski definition) is 3. The molecular formula is C73H142O17P2. The number of unbranched alkanes of at least 4 members (excludes halogenated alkanes) is 35. The quantitative estimate of drug-likeness (QED) is 0.0222. The van der Waals surface area contributed by atoms with Gasteiger partial charge < -0.3 is 33.8 Å². The molecule has 0 aliphatic rings. The maximum absolute atomic E-state index is 13.1. The van der Waals surface area contributed by atoms with Crippen molar-refractivity contribution < 1.29 is 80.2 Å². The van der Waals surface area contributed by atoms with E-state index in [1.165, 1.54) is 167 Å². The van der Waals surface area contributed by atoms with Crippen molar-refractivity contribution in [3.63, 3.8) is 0 Å². The maximum Gasteiger partial charge on any atom is 0.472 e. The van der Waals surface area contributed by atoms with Crippen LogP contribution in [0.25, 0.3) is 0 Å². The molecule has 17 nitrogen and oxygen atoms in total. The summed E-state index contributed by atoms with van der Waals surface area (Å²) in [5.74, 6) is 0.915. The highest BCUT2D eigenvalue weighted by molar-refractivity contribution is 7.47. The molecule has 0 aliphatic heterocycles. The van der Waals surface area contributed by atoms with Crippen molar-refractivity contribution in [3.05, 3.63) is 0 Å². The van der Waals surface area contributed by atoms with E-state index in [1.807, 2.05) is 0 Å². The minimum Gasteiger partial charge on any atom is -0.462 e.